The minimum Gasteiger partial charge on any atom is -0.378 e. The molecule has 0 aliphatic carbocycles. The van der Waals surface area contributed by atoms with E-state index in [1.54, 1.807) is 0 Å². The number of nitrogens with one attached hydrogen (secondary N) is 1. The first kappa shape index (κ1) is 11.9. The molecule has 1 N–H and O–H groups in total. The molecule has 0 radical (unpaired) electrons. The quantitative estimate of drug-likeness (QED) is 0.817. The van der Waals surface area contributed by atoms with E-state index < -0.39 is 5.67 Å². The van der Waals surface area contributed by atoms with Gasteiger partial charge in [0.1, 0.15) is 5.67 Å². The second kappa shape index (κ2) is 4.85. The van der Waals surface area contributed by atoms with Crippen LogP contribution in [0.2, 0.25) is 0 Å². The highest BCUT2D eigenvalue weighted by molar-refractivity contribution is 5.00. The van der Waals surface area contributed by atoms with E-state index in [2.05, 4.69) is 5.32 Å². The van der Waals surface area contributed by atoms with E-state index in [1.165, 1.54) is 25.7 Å². The molecule has 0 spiro atoms. The van der Waals surface area contributed by atoms with Gasteiger partial charge in [-0.3, -0.25) is 0 Å². The molecule has 0 saturated carbocycles. The summed E-state index contributed by atoms with van der Waals surface area (Å²) in [6.07, 6.45) is 9.48. The van der Waals surface area contributed by atoms with Crippen LogP contribution >= 0.6 is 0 Å². The molecule has 3 atom stereocenters. The van der Waals surface area contributed by atoms with E-state index in [1.807, 2.05) is 0 Å². The molecule has 3 rings (SSSR count). The van der Waals surface area contributed by atoms with Gasteiger partial charge in [0.15, 0.2) is 0 Å². The topological polar surface area (TPSA) is 21.3 Å². The second-order valence-electron chi connectivity index (χ2n) is 6.22. The molecule has 3 aliphatic heterocycles. The standard InChI is InChI=1S/C14H24FNO/c15-14(7-1-3-13-4-2-8-17-13)9-11-5-6-12(10-14)16-11/h11-13,16H,1-10H2. The zero-order valence-corrected chi connectivity index (χ0v) is 10.6. The van der Waals surface area contributed by atoms with Crippen LogP contribution in [0, 0.1) is 0 Å². The maximum absolute atomic E-state index is 14.7. The Hall–Kier alpha value is -0.150. The average Bonchev–Trinajstić information content (AvgIpc) is 2.89. The maximum atomic E-state index is 14.7. The zero-order valence-electron chi connectivity index (χ0n) is 10.6. The van der Waals surface area contributed by atoms with Gasteiger partial charge < -0.3 is 10.1 Å². The van der Waals surface area contributed by atoms with Gasteiger partial charge in [0, 0.05) is 18.7 Å². The molecule has 0 aromatic heterocycles. The SMILES string of the molecule is FC1(CCCC2CCCO2)CC2CCC(C1)N2. The summed E-state index contributed by atoms with van der Waals surface area (Å²) < 4.78 is 20.3. The summed E-state index contributed by atoms with van der Waals surface area (Å²) in [6.45, 7) is 0.916. The Kier molecular flexibility index (Phi) is 3.40. The van der Waals surface area contributed by atoms with Crippen LogP contribution in [0.3, 0.4) is 0 Å². The molecule has 3 aliphatic rings. The summed E-state index contributed by atoms with van der Waals surface area (Å²) in [5.74, 6) is 0. The Morgan fingerprint density at radius 2 is 1.94 bits per heavy atom. The number of piperidine rings is 1. The van der Waals surface area contributed by atoms with Crippen LogP contribution in [0.4, 0.5) is 4.39 Å². The van der Waals surface area contributed by atoms with Gasteiger partial charge in [0.25, 0.3) is 0 Å². The minimum atomic E-state index is -0.879. The van der Waals surface area contributed by atoms with Crippen LogP contribution in [0.15, 0.2) is 0 Å². The molecule has 0 amide bonds. The third-order valence-electron chi connectivity index (χ3n) is 4.73. The molecule has 3 unspecified atom stereocenters. The van der Waals surface area contributed by atoms with Crippen molar-refractivity contribution >= 4 is 0 Å². The smallest absolute Gasteiger partial charge is 0.114 e. The van der Waals surface area contributed by atoms with Crippen LogP contribution in [0.5, 0.6) is 0 Å². The molecular weight excluding hydrogens is 217 g/mol. The Morgan fingerprint density at radius 3 is 2.59 bits per heavy atom. The molecule has 3 heteroatoms. The van der Waals surface area contributed by atoms with Crippen LogP contribution in [-0.4, -0.2) is 30.5 Å². The van der Waals surface area contributed by atoms with Gasteiger partial charge in [-0.15, -0.1) is 0 Å². The van der Waals surface area contributed by atoms with Crippen LogP contribution in [0.1, 0.15) is 57.8 Å². The first-order valence-electron chi connectivity index (χ1n) is 7.30. The lowest BCUT2D eigenvalue weighted by molar-refractivity contribution is 0.0629. The Bertz CT molecular complexity index is 253. The van der Waals surface area contributed by atoms with Gasteiger partial charge in [0.05, 0.1) is 6.10 Å². The zero-order chi connectivity index (χ0) is 11.7. The number of fused-ring (bicyclic) bond motifs is 2. The molecule has 2 bridgehead atoms. The number of rotatable bonds is 4. The highest BCUT2D eigenvalue weighted by Crippen LogP contribution is 2.40. The van der Waals surface area contributed by atoms with Crippen molar-refractivity contribution in [3.8, 4) is 0 Å². The van der Waals surface area contributed by atoms with Crippen molar-refractivity contribution in [2.45, 2.75) is 81.6 Å². The molecule has 2 nitrogen and oxygen atoms in total. The van der Waals surface area contributed by atoms with Crippen LogP contribution in [-0.2, 0) is 4.74 Å². The van der Waals surface area contributed by atoms with E-state index in [0.29, 0.717) is 18.2 Å². The molecule has 0 aromatic carbocycles. The third kappa shape index (κ3) is 2.82. The van der Waals surface area contributed by atoms with Gasteiger partial charge in [-0.1, -0.05) is 0 Å². The fraction of sp³-hybridized carbons (Fsp3) is 1.00. The third-order valence-corrected chi connectivity index (χ3v) is 4.73. The summed E-state index contributed by atoms with van der Waals surface area (Å²) in [6, 6.07) is 0.919. The van der Waals surface area contributed by atoms with E-state index in [0.717, 1.165) is 38.7 Å². The Balaban J connectivity index is 1.44. The molecule has 3 heterocycles. The summed E-state index contributed by atoms with van der Waals surface area (Å²) in [5, 5.41) is 3.51. The summed E-state index contributed by atoms with van der Waals surface area (Å²) in [4.78, 5) is 0. The van der Waals surface area contributed by atoms with Gasteiger partial charge in [-0.2, -0.15) is 0 Å². The van der Waals surface area contributed by atoms with E-state index in [-0.39, 0.29) is 0 Å². The van der Waals surface area contributed by atoms with Gasteiger partial charge in [-0.05, 0) is 57.8 Å². The number of ether oxygens (including phenoxy) is 1. The fourth-order valence-electron chi connectivity index (χ4n) is 3.91. The monoisotopic (exact) mass is 241 g/mol. The van der Waals surface area contributed by atoms with Gasteiger partial charge in [-0.25, -0.2) is 4.39 Å². The van der Waals surface area contributed by atoms with Gasteiger partial charge >= 0.3 is 0 Å². The second-order valence-corrected chi connectivity index (χ2v) is 6.22. The number of hydrogen-bond donors (Lipinski definition) is 1. The van der Waals surface area contributed by atoms with Crippen molar-refractivity contribution < 1.29 is 9.13 Å². The Morgan fingerprint density at radius 1 is 1.18 bits per heavy atom. The van der Waals surface area contributed by atoms with Crippen LogP contribution in [0.25, 0.3) is 0 Å². The molecule has 3 saturated heterocycles. The maximum Gasteiger partial charge on any atom is 0.114 e. The molecule has 17 heavy (non-hydrogen) atoms. The first-order chi connectivity index (χ1) is 8.23. The normalized spacial score (nSPS) is 45.4. The number of halogens is 1. The van der Waals surface area contributed by atoms with Crippen LogP contribution < -0.4 is 5.32 Å². The average molecular weight is 241 g/mol. The summed E-state index contributed by atoms with van der Waals surface area (Å²) >= 11 is 0. The lowest BCUT2D eigenvalue weighted by atomic mass is 9.84. The molecular formula is C14H24FNO. The first-order valence-corrected chi connectivity index (χ1v) is 7.30. The highest BCUT2D eigenvalue weighted by atomic mass is 19.1. The van der Waals surface area contributed by atoms with Crippen molar-refractivity contribution in [1.29, 1.82) is 0 Å². The predicted octanol–water partition coefficient (Wildman–Crippen LogP) is 2.96. The highest BCUT2D eigenvalue weighted by Gasteiger charge is 2.43. The van der Waals surface area contributed by atoms with Crippen molar-refractivity contribution in [3.63, 3.8) is 0 Å². The summed E-state index contributed by atoms with van der Waals surface area (Å²) in [7, 11) is 0. The molecule has 0 aromatic rings. The van der Waals surface area contributed by atoms with Gasteiger partial charge in [0.2, 0.25) is 0 Å². The lowest BCUT2D eigenvalue weighted by Crippen LogP contribution is -2.46. The molecule has 3 fully saturated rings. The Labute approximate surface area is 103 Å². The predicted molar refractivity (Wildman–Crippen MR) is 65.8 cm³/mol. The molecule has 98 valence electrons. The van der Waals surface area contributed by atoms with Crippen molar-refractivity contribution in [3.05, 3.63) is 0 Å². The number of alkyl halides is 1. The lowest BCUT2D eigenvalue weighted by Gasteiger charge is -2.35. The van der Waals surface area contributed by atoms with Crippen molar-refractivity contribution in [1.82, 2.24) is 5.32 Å². The van der Waals surface area contributed by atoms with Crippen molar-refractivity contribution in [2.75, 3.05) is 6.61 Å². The summed E-state index contributed by atoms with van der Waals surface area (Å²) in [5.41, 5.74) is -0.879. The number of hydrogen-bond acceptors (Lipinski definition) is 2. The minimum absolute atomic E-state index is 0.428. The van der Waals surface area contributed by atoms with Crippen molar-refractivity contribution in [2.24, 2.45) is 0 Å². The fourth-order valence-corrected chi connectivity index (χ4v) is 3.91. The van der Waals surface area contributed by atoms with E-state index in [4.69, 9.17) is 4.74 Å². The van der Waals surface area contributed by atoms with E-state index in [9.17, 15) is 4.39 Å². The van der Waals surface area contributed by atoms with E-state index >= 15 is 0 Å². The largest absolute Gasteiger partial charge is 0.378 e.